The molecule has 118 valence electrons. The van der Waals surface area contributed by atoms with Crippen LogP contribution in [0.2, 0.25) is 0 Å². The van der Waals surface area contributed by atoms with Gasteiger partial charge in [-0.3, -0.25) is 4.79 Å². The number of hydrogen-bond donors (Lipinski definition) is 0. The summed E-state index contributed by atoms with van der Waals surface area (Å²) in [5.74, 6) is 1.04. The molecule has 2 heteroatoms. The van der Waals surface area contributed by atoms with Crippen molar-refractivity contribution in [3.63, 3.8) is 0 Å². The molecule has 2 unspecified atom stereocenters. The zero-order valence-electron chi connectivity index (χ0n) is 14.1. The summed E-state index contributed by atoms with van der Waals surface area (Å²) in [6, 6.07) is 9.95. The van der Waals surface area contributed by atoms with Crippen molar-refractivity contribution in [3.05, 3.63) is 54.1 Å². The van der Waals surface area contributed by atoms with E-state index in [0.29, 0.717) is 12.5 Å². The van der Waals surface area contributed by atoms with Crippen LogP contribution in [0.15, 0.2) is 54.1 Å². The molecule has 1 aliphatic carbocycles. The largest absolute Gasteiger partial charge is 0.312 e. The minimum atomic E-state index is -0.0566. The van der Waals surface area contributed by atoms with Crippen molar-refractivity contribution >= 4 is 11.6 Å². The lowest BCUT2D eigenvalue weighted by molar-refractivity contribution is -0.121. The van der Waals surface area contributed by atoms with Gasteiger partial charge in [-0.05, 0) is 37.3 Å². The fourth-order valence-electron chi connectivity index (χ4n) is 3.12. The van der Waals surface area contributed by atoms with Crippen molar-refractivity contribution in [2.75, 3.05) is 11.4 Å². The Morgan fingerprint density at radius 2 is 1.91 bits per heavy atom. The lowest BCUT2D eigenvalue weighted by Gasteiger charge is -2.31. The molecule has 0 N–H and O–H groups in total. The minimum Gasteiger partial charge on any atom is -0.312 e. The number of carbonyl (C=O) groups is 1. The van der Waals surface area contributed by atoms with Crippen LogP contribution in [0.25, 0.3) is 0 Å². The van der Waals surface area contributed by atoms with Gasteiger partial charge in [0.1, 0.15) is 0 Å². The van der Waals surface area contributed by atoms with E-state index < -0.39 is 0 Å². The Balaban J connectivity index is 2.18. The highest BCUT2D eigenvalue weighted by molar-refractivity contribution is 5.96. The molecule has 1 aromatic rings. The Morgan fingerprint density at radius 1 is 1.23 bits per heavy atom. The Kier molecular flexibility index (Phi) is 5.59. The first-order chi connectivity index (χ1) is 10.5. The Morgan fingerprint density at radius 3 is 2.50 bits per heavy atom. The molecule has 2 rings (SSSR count). The van der Waals surface area contributed by atoms with Gasteiger partial charge in [-0.1, -0.05) is 62.8 Å². The molecular weight excluding hydrogens is 270 g/mol. The number of hydrogen-bond acceptors (Lipinski definition) is 1. The molecule has 1 aromatic carbocycles. The second-order valence-corrected chi connectivity index (χ2v) is 6.46. The molecular formula is C20H27NO. The van der Waals surface area contributed by atoms with Crippen molar-refractivity contribution in [1.29, 1.82) is 0 Å². The third-order valence-corrected chi connectivity index (χ3v) is 4.33. The summed E-state index contributed by atoms with van der Waals surface area (Å²) in [5, 5.41) is 0. The Bertz CT molecular complexity index is 556. The average Bonchev–Trinajstić information content (AvgIpc) is 2.50. The first kappa shape index (κ1) is 16.5. The molecule has 0 saturated carbocycles. The van der Waals surface area contributed by atoms with Crippen LogP contribution in [0.5, 0.6) is 0 Å². The fourth-order valence-corrected chi connectivity index (χ4v) is 3.12. The lowest BCUT2D eigenvalue weighted by Crippen LogP contribution is -2.39. The summed E-state index contributed by atoms with van der Waals surface area (Å²) < 4.78 is 0. The molecule has 0 saturated heterocycles. The monoisotopic (exact) mass is 297 g/mol. The average molecular weight is 297 g/mol. The van der Waals surface area contributed by atoms with Gasteiger partial charge in [0.15, 0.2) is 0 Å². The smallest absolute Gasteiger partial charge is 0.234 e. The highest BCUT2D eigenvalue weighted by atomic mass is 16.2. The lowest BCUT2D eigenvalue weighted by atomic mass is 9.79. The van der Waals surface area contributed by atoms with Crippen LogP contribution in [0.4, 0.5) is 5.69 Å². The zero-order chi connectivity index (χ0) is 16.1. The number of rotatable bonds is 5. The molecule has 0 spiro atoms. The normalized spacial score (nSPS) is 20.9. The second kappa shape index (κ2) is 7.44. The highest BCUT2D eigenvalue weighted by Gasteiger charge is 2.30. The van der Waals surface area contributed by atoms with Crippen LogP contribution in [0.3, 0.4) is 0 Å². The molecule has 22 heavy (non-hydrogen) atoms. The first-order valence-electron chi connectivity index (χ1n) is 8.28. The van der Waals surface area contributed by atoms with Crippen LogP contribution in [-0.4, -0.2) is 12.5 Å². The summed E-state index contributed by atoms with van der Waals surface area (Å²) >= 11 is 0. The number of benzene rings is 1. The molecule has 0 fully saturated rings. The third kappa shape index (κ3) is 3.68. The first-order valence-corrected chi connectivity index (χ1v) is 8.28. The van der Waals surface area contributed by atoms with E-state index in [1.54, 1.807) is 0 Å². The van der Waals surface area contributed by atoms with E-state index in [1.807, 2.05) is 42.2 Å². The predicted molar refractivity (Wildman–Crippen MR) is 93.8 cm³/mol. The third-order valence-electron chi connectivity index (χ3n) is 4.33. The van der Waals surface area contributed by atoms with Crippen molar-refractivity contribution in [3.8, 4) is 0 Å². The maximum atomic E-state index is 13.0. The quantitative estimate of drug-likeness (QED) is 0.762. The van der Waals surface area contributed by atoms with Crippen LogP contribution in [0.1, 0.15) is 34.1 Å². The highest BCUT2D eigenvalue weighted by Crippen LogP contribution is 2.32. The number of anilines is 1. The molecule has 2 atom stereocenters. The van der Waals surface area contributed by atoms with Crippen molar-refractivity contribution < 1.29 is 4.79 Å². The number of carbonyl (C=O) groups excluding carboxylic acids is 1. The van der Waals surface area contributed by atoms with Gasteiger partial charge < -0.3 is 4.90 Å². The van der Waals surface area contributed by atoms with Gasteiger partial charge in [0.25, 0.3) is 0 Å². The zero-order valence-corrected chi connectivity index (χ0v) is 14.1. The van der Waals surface area contributed by atoms with Gasteiger partial charge in [-0.2, -0.15) is 0 Å². The fraction of sp³-hybridized carbons (Fsp3) is 0.450. The molecule has 0 radical (unpaired) electrons. The topological polar surface area (TPSA) is 20.3 Å². The standard InChI is InChI=1S/C20H27NO/c1-5-21(18-11-7-6-8-12-18)20(22)19-13-9-10-17(16(19)4)14-15(2)3/h6-13,15-16,19H,5,14H2,1-4H3. The van der Waals surface area contributed by atoms with Gasteiger partial charge in [0, 0.05) is 12.2 Å². The van der Waals surface area contributed by atoms with E-state index in [4.69, 9.17) is 0 Å². The van der Waals surface area contributed by atoms with Crippen molar-refractivity contribution in [2.45, 2.75) is 34.1 Å². The summed E-state index contributed by atoms with van der Waals surface area (Å²) in [6.45, 7) is 9.37. The van der Waals surface area contributed by atoms with E-state index in [0.717, 1.165) is 12.1 Å². The molecule has 1 aliphatic rings. The van der Waals surface area contributed by atoms with Gasteiger partial charge in [-0.25, -0.2) is 0 Å². The maximum Gasteiger partial charge on any atom is 0.234 e. The van der Waals surface area contributed by atoms with E-state index >= 15 is 0 Å². The summed E-state index contributed by atoms with van der Waals surface area (Å²) in [6.07, 6.45) is 7.36. The number of allylic oxidation sites excluding steroid dienone is 3. The summed E-state index contributed by atoms with van der Waals surface area (Å²) in [4.78, 5) is 14.9. The number of para-hydroxylation sites is 1. The van der Waals surface area contributed by atoms with Crippen LogP contribution in [0, 0.1) is 17.8 Å². The Hall–Kier alpha value is -1.83. The molecule has 0 heterocycles. The van der Waals surface area contributed by atoms with Crippen LogP contribution in [-0.2, 0) is 4.79 Å². The molecule has 0 bridgehead atoms. The summed E-state index contributed by atoms with van der Waals surface area (Å²) in [5.41, 5.74) is 2.37. The number of nitrogens with zero attached hydrogens (tertiary/aromatic N) is 1. The molecule has 2 nitrogen and oxygen atoms in total. The molecule has 0 aliphatic heterocycles. The van der Waals surface area contributed by atoms with Gasteiger partial charge >= 0.3 is 0 Å². The minimum absolute atomic E-state index is 0.0566. The summed E-state index contributed by atoms with van der Waals surface area (Å²) in [7, 11) is 0. The van der Waals surface area contributed by atoms with E-state index in [9.17, 15) is 4.79 Å². The predicted octanol–water partition coefficient (Wildman–Crippen LogP) is 4.83. The van der Waals surface area contributed by atoms with Gasteiger partial charge in [0.05, 0.1) is 5.92 Å². The van der Waals surface area contributed by atoms with Crippen molar-refractivity contribution in [2.24, 2.45) is 17.8 Å². The number of amides is 1. The van der Waals surface area contributed by atoms with E-state index in [1.165, 1.54) is 5.57 Å². The van der Waals surface area contributed by atoms with Crippen LogP contribution < -0.4 is 4.90 Å². The van der Waals surface area contributed by atoms with Gasteiger partial charge in [0.2, 0.25) is 5.91 Å². The maximum absolute atomic E-state index is 13.0. The van der Waals surface area contributed by atoms with Gasteiger partial charge in [-0.15, -0.1) is 0 Å². The van der Waals surface area contributed by atoms with E-state index in [2.05, 4.69) is 39.0 Å². The second-order valence-electron chi connectivity index (χ2n) is 6.46. The van der Waals surface area contributed by atoms with Crippen LogP contribution >= 0.6 is 0 Å². The van der Waals surface area contributed by atoms with Crippen molar-refractivity contribution in [1.82, 2.24) is 0 Å². The Labute approximate surface area is 134 Å². The molecule has 0 aromatic heterocycles. The molecule has 1 amide bonds. The van der Waals surface area contributed by atoms with E-state index in [-0.39, 0.29) is 17.7 Å². The SMILES string of the molecule is CCN(C(=O)C1C=CC=C(CC(C)C)C1C)c1ccccc1.